The minimum Gasteiger partial charge on any atom is -0.481 e. The highest BCUT2D eigenvalue weighted by Crippen LogP contribution is 2.30. The Hall–Kier alpha value is -2.02. The average Bonchev–Trinajstić information content (AvgIpc) is 3.08. The lowest BCUT2D eigenvalue weighted by Gasteiger charge is -2.20. The summed E-state index contributed by atoms with van der Waals surface area (Å²) in [5, 5.41) is 13.1. The molecule has 1 unspecified atom stereocenters. The lowest BCUT2D eigenvalue weighted by atomic mass is 9.90. The van der Waals surface area contributed by atoms with Crippen LogP contribution in [0.4, 0.5) is 4.79 Å². The van der Waals surface area contributed by atoms with E-state index < -0.39 is 11.4 Å². The van der Waals surface area contributed by atoms with Gasteiger partial charge in [0.1, 0.15) is 0 Å². The second-order valence-corrected chi connectivity index (χ2v) is 7.14. The van der Waals surface area contributed by atoms with Crippen molar-refractivity contribution in [1.82, 2.24) is 15.2 Å². The summed E-state index contributed by atoms with van der Waals surface area (Å²) in [5.74, 6) is -0.853. The molecule has 23 heavy (non-hydrogen) atoms. The third-order valence-electron chi connectivity index (χ3n) is 4.35. The van der Waals surface area contributed by atoms with Gasteiger partial charge in [0.15, 0.2) is 0 Å². The second-order valence-electron chi connectivity index (χ2n) is 6.22. The fourth-order valence-corrected chi connectivity index (χ4v) is 3.23. The van der Waals surface area contributed by atoms with E-state index >= 15 is 0 Å². The van der Waals surface area contributed by atoms with Crippen LogP contribution in [-0.2, 0) is 11.3 Å². The summed E-state index contributed by atoms with van der Waals surface area (Å²) in [4.78, 5) is 28.2. The summed E-state index contributed by atoms with van der Waals surface area (Å²) >= 11 is 3.43. The topological polar surface area (TPSA) is 85.4 Å². The van der Waals surface area contributed by atoms with Gasteiger partial charge in [-0.2, -0.15) is 0 Å². The molecule has 0 radical (unpaired) electrons. The number of carbonyl (C=O) groups is 2. The number of hydrogen-bond donors (Lipinski definition) is 3. The van der Waals surface area contributed by atoms with E-state index in [0.29, 0.717) is 19.5 Å². The van der Waals surface area contributed by atoms with Crippen LogP contribution in [0.1, 0.15) is 19.0 Å². The fraction of sp³-hybridized carbons (Fsp3) is 0.375. The number of halogens is 1. The first-order valence-electron chi connectivity index (χ1n) is 7.41. The van der Waals surface area contributed by atoms with Crippen molar-refractivity contribution in [3.05, 3.63) is 34.4 Å². The van der Waals surface area contributed by atoms with Crippen molar-refractivity contribution in [2.45, 2.75) is 19.9 Å². The van der Waals surface area contributed by atoms with Crippen LogP contribution in [-0.4, -0.2) is 40.1 Å². The number of aromatic nitrogens is 1. The molecule has 6 nitrogen and oxygen atoms in total. The minimum absolute atomic E-state index is 0.227. The zero-order valence-corrected chi connectivity index (χ0v) is 14.3. The molecule has 0 saturated carbocycles. The SMILES string of the molecule is CC1(C(=O)O)CCN(C(=O)NCc2cc3cc(Br)ccc3[nH]2)C1. The number of urea groups is 1. The van der Waals surface area contributed by atoms with E-state index in [1.807, 2.05) is 24.3 Å². The highest BCUT2D eigenvalue weighted by molar-refractivity contribution is 9.10. The van der Waals surface area contributed by atoms with Gasteiger partial charge >= 0.3 is 12.0 Å². The molecule has 1 aliphatic heterocycles. The van der Waals surface area contributed by atoms with Gasteiger partial charge in [-0.05, 0) is 37.6 Å². The summed E-state index contributed by atoms with van der Waals surface area (Å²) in [6, 6.07) is 7.71. The van der Waals surface area contributed by atoms with Gasteiger partial charge in [-0.15, -0.1) is 0 Å². The molecule has 2 heterocycles. The quantitative estimate of drug-likeness (QED) is 0.766. The fourth-order valence-electron chi connectivity index (χ4n) is 2.85. The molecule has 0 aliphatic carbocycles. The third-order valence-corrected chi connectivity index (χ3v) is 4.84. The number of likely N-dealkylation sites (tertiary alicyclic amines) is 1. The largest absolute Gasteiger partial charge is 0.481 e. The Morgan fingerprint density at radius 3 is 2.91 bits per heavy atom. The summed E-state index contributed by atoms with van der Waals surface area (Å²) in [6.45, 7) is 2.77. The molecule has 3 rings (SSSR count). The summed E-state index contributed by atoms with van der Waals surface area (Å²) in [6.07, 6.45) is 0.482. The van der Waals surface area contributed by atoms with Gasteiger partial charge in [0.2, 0.25) is 0 Å². The molecule has 0 spiro atoms. The first kappa shape index (κ1) is 15.9. The van der Waals surface area contributed by atoms with Gasteiger partial charge in [0.25, 0.3) is 0 Å². The van der Waals surface area contributed by atoms with Crippen molar-refractivity contribution >= 4 is 38.8 Å². The van der Waals surface area contributed by atoms with Crippen LogP contribution in [0, 0.1) is 5.41 Å². The first-order valence-corrected chi connectivity index (χ1v) is 8.20. The van der Waals surface area contributed by atoms with Crippen LogP contribution in [0.15, 0.2) is 28.7 Å². The predicted molar refractivity (Wildman–Crippen MR) is 90.2 cm³/mol. The average molecular weight is 380 g/mol. The van der Waals surface area contributed by atoms with Crippen LogP contribution in [0.25, 0.3) is 10.9 Å². The van der Waals surface area contributed by atoms with Crippen LogP contribution in [0.2, 0.25) is 0 Å². The molecule has 1 aromatic heterocycles. The zero-order chi connectivity index (χ0) is 16.6. The van der Waals surface area contributed by atoms with E-state index in [-0.39, 0.29) is 12.6 Å². The Kier molecular flexibility index (Phi) is 4.06. The van der Waals surface area contributed by atoms with E-state index in [4.69, 9.17) is 0 Å². The number of carbonyl (C=O) groups excluding carboxylic acids is 1. The third kappa shape index (κ3) is 3.19. The number of benzene rings is 1. The number of aliphatic carboxylic acids is 1. The molecule has 1 atom stereocenters. The van der Waals surface area contributed by atoms with Crippen molar-refractivity contribution in [3.63, 3.8) is 0 Å². The highest BCUT2D eigenvalue weighted by Gasteiger charge is 2.42. The summed E-state index contributed by atoms with van der Waals surface area (Å²) in [7, 11) is 0. The zero-order valence-electron chi connectivity index (χ0n) is 12.7. The van der Waals surface area contributed by atoms with Gasteiger partial charge in [-0.25, -0.2) is 4.79 Å². The Labute approximate surface area is 142 Å². The maximum absolute atomic E-state index is 12.2. The van der Waals surface area contributed by atoms with Gasteiger partial charge in [0, 0.05) is 34.2 Å². The smallest absolute Gasteiger partial charge is 0.317 e. The normalized spacial score (nSPS) is 20.9. The van der Waals surface area contributed by atoms with E-state index in [0.717, 1.165) is 21.1 Å². The Morgan fingerprint density at radius 1 is 1.43 bits per heavy atom. The number of carboxylic acid groups (broad SMARTS) is 1. The first-order chi connectivity index (χ1) is 10.9. The van der Waals surface area contributed by atoms with Gasteiger partial charge in [-0.1, -0.05) is 15.9 Å². The number of H-pyrrole nitrogens is 1. The Balaban J connectivity index is 1.61. The van der Waals surface area contributed by atoms with Crippen LogP contribution in [0.3, 0.4) is 0 Å². The van der Waals surface area contributed by atoms with E-state index in [2.05, 4.69) is 26.2 Å². The number of carboxylic acids is 1. The molecular weight excluding hydrogens is 362 g/mol. The molecule has 122 valence electrons. The molecule has 2 aromatic rings. The lowest BCUT2D eigenvalue weighted by Crippen LogP contribution is -2.40. The van der Waals surface area contributed by atoms with Gasteiger partial charge < -0.3 is 20.3 Å². The molecule has 1 aromatic carbocycles. The van der Waals surface area contributed by atoms with Crippen LogP contribution in [0.5, 0.6) is 0 Å². The van der Waals surface area contributed by atoms with Crippen LogP contribution < -0.4 is 5.32 Å². The number of fused-ring (bicyclic) bond motifs is 1. The molecule has 2 amide bonds. The van der Waals surface area contributed by atoms with Crippen molar-refractivity contribution in [2.24, 2.45) is 5.41 Å². The standard InChI is InChI=1S/C16H18BrN3O3/c1-16(14(21)22)4-5-20(9-16)15(23)18-8-12-7-10-6-11(17)2-3-13(10)19-12/h2-3,6-7,19H,4-5,8-9H2,1H3,(H,18,23)(H,21,22). The number of nitrogens with one attached hydrogen (secondary N) is 2. The highest BCUT2D eigenvalue weighted by atomic mass is 79.9. The lowest BCUT2D eigenvalue weighted by molar-refractivity contribution is -0.147. The molecule has 1 saturated heterocycles. The number of amides is 2. The molecule has 1 fully saturated rings. The van der Waals surface area contributed by atoms with Crippen LogP contribution >= 0.6 is 15.9 Å². The summed E-state index contributed by atoms with van der Waals surface area (Å²) < 4.78 is 1.00. The molecule has 0 bridgehead atoms. The van der Waals surface area contributed by atoms with Gasteiger partial charge in [-0.3, -0.25) is 4.79 Å². The van der Waals surface area contributed by atoms with E-state index in [9.17, 15) is 14.7 Å². The number of hydrogen-bond acceptors (Lipinski definition) is 2. The molecule has 3 N–H and O–H groups in total. The van der Waals surface area contributed by atoms with Crippen molar-refractivity contribution in [2.75, 3.05) is 13.1 Å². The second kappa shape index (κ2) is 5.88. The maximum atomic E-state index is 12.2. The molecule has 1 aliphatic rings. The van der Waals surface area contributed by atoms with Crippen molar-refractivity contribution < 1.29 is 14.7 Å². The monoisotopic (exact) mass is 379 g/mol. The van der Waals surface area contributed by atoms with E-state index in [1.54, 1.807) is 11.8 Å². The maximum Gasteiger partial charge on any atom is 0.317 e. The predicted octanol–water partition coefficient (Wildman–Crippen LogP) is 2.94. The Bertz CT molecular complexity index is 773. The molecule has 7 heteroatoms. The number of nitrogens with zero attached hydrogens (tertiary/aromatic N) is 1. The van der Waals surface area contributed by atoms with Gasteiger partial charge in [0.05, 0.1) is 12.0 Å². The molecular formula is C16H18BrN3O3. The Morgan fingerprint density at radius 2 is 2.22 bits per heavy atom. The summed E-state index contributed by atoms with van der Waals surface area (Å²) in [5.41, 5.74) is 1.08. The van der Waals surface area contributed by atoms with Crippen molar-refractivity contribution in [3.8, 4) is 0 Å². The minimum atomic E-state index is -0.853. The van der Waals surface area contributed by atoms with Crippen molar-refractivity contribution in [1.29, 1.82) is 0 Å². The number of rotatable bonds is 3. The number of aromatic amines is 1. The van der Waals surface area contributed by atoms with E-state index in [1.165, 1.54) is 0 Å².